The van der Waals surface area contributed by atoms with E-state index in [-0.39, 0.29) is 6.03 Å². The van der Waals surface area contributed by atoms with E-state index in [1.165, 1.54) is 0 Å². The molecule has 0 aliphatic rings. The highest BCUT2D eigenvalue weighted by Crippen LogP contribution is 2.33. The Hall–Kier alpha value is -4.13. The molecule has 7 nitrogen and oxygen atoms in total. The summed E-state index contributed by atoms with van der Waals surface area (Å²) in [6.45, 7) is 0.354. The first-order valence-electron chi connectivity index (χ1n) is 9.15. The molecule has 4 rings (SSSR count). The summed E-state index contributed by atoms with van der Waals surface area (Å²) in [5, 5.41) is 10.3. The van der Waals surface area contributed by atoms with Crippen LogP contribution in [-0.2, 0) is 6.54 Å². The zero-order valence-corrected chi connectivity index (χ0v) is 15.6. The van der Waals surface area contributed by atoms with E-state index < -0.39 is 0 Å². The summed E-state index contributed by atoms with van der Waals surface area (Å²) in [6, 6.07) is 22.5. The molecule has 7 heteroatoms. The number of carbonyl (C=O) groups is 1. The Kier molecular flexibility index (Phi) is 5.20. The average Bonchev–Trinajstić information content (AvgIpc) is 3.10. The number of hydrogen-bond donors (Lipinski definition) is 3. The number of urea groups is 1. The molecule has 0 spiro atoms. The normalized spacial score (nSPS) is 10.5. The minimum atomic E-state index is -0.370. The third-order valence-electron chi connectivity index (χ3n) is 4.38. The lowest BCUT2D eigenvalue weighted by atomic mass is 10.1. The van der Waals surface area contributed by atoms with Crippen LogP contribution in [-0.4, -0.2) is 20.8 Å². The summed E-state index contributed by atoms with van der Waals surface area (Å²) in [5.41, 5.74) is 10.0. The molecule has 0 bridgehead atoms. The van der Waals surface area contributed by atoms with Crippen LogP contribution in [0.4, 0.5) is 16.3 Å². The molecule has 2 aromatic heterocycles. The Labute approximate surface area is 168 Å². The van der Waals surface area contributed by atoms with Gasteiger partial charge in [-0.2, -0.15) is 5.10 Å². The molecule has 0 atom stereocenters. The van der Waals surface area contributed by atoms with E-state index in [1.54, 1.807) is 17.1 Å². The van der Waals surface area contributed by atoms with E-state index in [0.29, 0.717) is 23.7 Å². The second-order valence-corrected chi connectivity index (χ2v) is 6.39. The van der Waals surface area contributed by atoms with E-state index in [0.717, 1.165) is 16.8 Å². The molecule has 0 unspecified atom stereocenters. The van der Waals surface area contributed by atoms with Gasteiger partial charge >= 0.3 is 6.03 Å². The highest BCUT2D eigenvalue weighted by molar-refractivity contribution is 5.97. The summed E-state index contributed by atoms with van der Waals surface area (Å²) >= 11 is 0. The molecule has 4 aromatic rings. The molecule has 2 heterocycles. The van der Waals surface area contributed by atoms with Crippen molar-refractivity contribution in [3.05, 3.63) is 90.8 Å². The van der Waals surface area contributed by atoms with Gasteiger partial charge in [-0.05, 0) is 23.8 Å². The van der Waals surface area contributed by atoms with Gasteiger partial charge in [0.25, 0.3) is 0 Å². The fraction of sp³-hybridized carbons (Fsp3) is 0.0455. The van der Waals surface area contributed by atoms with Crippen molar-refractivity contribution >= 4 is 17.5 Å². The van der Waals surface area contributed by atoms with E-state index >= 15 is 0 Å². The van der Waals surface area contributed by atoms with Gasteiger partial charge in [-0.15, -0.1) is 0 Å². The van der Waals surface area contributed by atoms with Gasteiger partial charge in [-0.1, -0.05) is 54.6 Å². The summed E-state index contributed by atoms with van der Waals surface area (Å²) in [5.74, 6) is 0.353. The van der Waals surface area contributed by atoms with Crippen molar-refractivity contribution < 1.29 is 4.79 Å². The summed E-state index contributed by atoms with van der Waals surface area (Å²) in [6.07, 6.45) is 3.39. The number of hydrogen-bond acceptors (Lipinski definition) is 4. The Morgan fingerprint density at radius 2 is 1.69 bits per heavy atom. The largest absolute Gasteiger partial charge is 0.382 e. The molecule has 29 heavy (non-hydrogen) atoms. The van der Waals surface area contributed by atoms with Crippen molar-refractivity contribution in [2.45, 2.75) is 6.54 Å². The maximum absolute atomic E-state index is 12.5. The van der Waals surface area contributed by atoms with Gasteiger partial charge in [0.05, 0.1) is 5.69 Å². The third-order valence-corrected chi connectivity index (χ3v) is 4.38. The second-order valence-electron chi connectivity index (χ2n) is 6.39. The number of aromatic nitrogens is 3. The van der Waals surface area contributed by atoms with Crippen LogP contribution in [0.5, 0.6) is 0 Å². The highest BCUT2D eigenvalue weighted by atomic mass is 16.2. The van der Waals surface area contributed by atoms with Gasteiger partial charge < -0.3 is 16.4 Å². The topological polar surface area (TPSA) is 97.9 Å². The Bertz CT molecular complexity index is 1090. The number of anilines is 2. The molecule has 0 saturated heterocycles. The Morgan fingerprint density at radius 1 is 0.966 bits per heavy atom. The number of pyridine rings is 1. The number of carbonyl (C=O) groups excluding carboxylic acids is 1. The van der Waals surface area contributed by atoms with Crippen LogP contribution in [0.25, 0.3) is 16.9 Å². The van der Waals surface area contributed by atoms with Gasteiger partial charge in [0.1, 0.15) is 11.4 Å². The van der Waals surface area contributed by atoms with Gasteiger partial charge in [0, 0.05) is 24.5 Å². The van der Waals surface area contributed by atoms with Crippen LogP contribution in [0, 0.1) is 0 Å². The molecule has 2 amide bonds. The third kappa shape index (κ3) is 4.08. The summed E-state index contributed by atoms with van der Waals surface area (Å²) < 4.78 is 1.62. The van der Waals surface area contributed by atoms with Crippen LogP contribution < -0.4 is 16.4 Å². The van der Waals surface area contributed by atoms with Gasteiger partial charge in [-0.3, -0.25) is 4.98 Å². The minimum absolute atomic E-state index is 0.353. The number of nitrogen functional groups attached to an aromatic ring is 1. The predicted octanol–water partition coefficient (Wildman–Crippen LogP) is 3.84. The maximum Gasteiger partial charge on any atom is 0.319 e. The van der Waals surface area contributed by atoms with Crippen LogP contribution in [0.15, 0.2) is 85.2 Å². The van der Waals surface area contributed by atoms with E-state index in [9.17, 15) is 4.79 Å². The molecule has 0 fully saturated rings. The fourth-order valence-corrected chi connectivity index (χ4v) is 2.96. The zero-order chi connectivity index (χ0) is 20.1. The first kappa shape index (κ1) is 18.2. The molecule has 144 valence electrons. The predicted molar refractivity (Wildman–Crippen MR) is 114 cm³/mol. The molecule has 0 radical (unpaired) electrons. The van der Waals surface area contributed by atoms with Crippen molar-refractivity contribution in [2.75, 3.05) is 11.1 Å². The van der Waals surface area contributed by atoms with Crippen LogP contribution in [0.1, 0.15) is 5.56 Å². The molecule has 0 aliphatic carbocycles. The lowest BCUT2D eigenvalue weighted by Crippen LogP contribution is -2.28. The van der Waals surface area contributed by atoms with Gasteiger partial charge in [0.2, 0.25) is 0 Å². The van der Waals surface area contributed by atoms with E-state index in [2.05, 4.69) is 20.7 Å². The lowest BCUT2D eigenvalue weighted by Gasteiger charge is -2.09. The first-order valence-corrected chi connectivity index (χ1v) is 9.15. The van der Waals surface area contributed by atoms with Gasteiger partial charge in [0.15, 0.2) is 5.82 Å². The summed E-state index contributed by atoms with van der Waals surface area (Å²) in [4.78, 5) is 16.6. The first-order chi connectivity index (χ1) is 14.2. The molecular weight excluding hydrogens is 364 g/mol. The number of nitrogens with two attached hydrogens (primary N) is 1. The Balaban J connectivity index is 1.64. The lowest BCUT2D eigenvalue weighted by molar-refractivity contribution is 0.251. The van der Waals surface area contributed by atoms with Crippen molar-refractivity contribution in [2.24, 2.45) is 0 Å². The fourth-order valence-electron chi connectivity index (χ4n) is 2.96. The maximum atomic E-state index is 12.5. The van der Waals surface area contributed by atoms with Crippen molar-refractivity contribution in [3.8, 4) is 16.9 Å². The number of benzene rings is 2. The minimum Gasteiger partial charge on any atom is -0.382 e. The molecule has 0 aliphatic heterocycles. The number of para-hydroxylation sites is 1. The molecule has 4 N–H and O–H groups in total. The highest BCUT2D eigenvalue weighted by Gasteiger charge is 2.20. The second kappa shape index (κ2) is 8.26. The van der Waals surface area contributed by atoms with Crippen molar-refractivity contribution in [1.82, 2.24) is 20.1 Å². The van der Waals surface area contributed by atoms with Crippen LogP contribution in [0.3, 0.4) is 0 Å². The molecule has 2 aromatic carbocycles. The zero-order valence-electron chi connectivity index (χ0n) is 15.6. The molecule has 0 saturated carbocycles. The van der Waals surface area contributed by atoms with Gasteiger partial charge in [-0.25, -0.2) is 9.48 Å². The number of amides is 2. The van der Waals surface area contributed by atoms with Crippen LogP contribution in [0.2, 0.25) is 0 Å². The van der Waals surface area contributed by atoms with Crippen LogP contribution >= 0.6 is 0 Å². The van der Waals surface area contributed by atoms with E-state index in [4.69, 9.17) is 5.73 Å². The molecular formula is C22H20N6O. The number of nitrogens with one attached hydrogen (secondary N) is 2. The van der Waals surface area contributed by atoms with Crippen molar-refractivity contribution in [3.63, 3.8) is 0 Å². The smallest absolute Gasteiger partial charge is 0.319 e. The van der Waals surface area contributed by atoms with Crippen molar-refractivity contribution in [1.29, 1.82) is 0 Å². The van der Waals surface area contributed by atoms with E-state index in [1.807, 2.05) is 72.8 Å². The number of nitrogens with zero attached hydrogens (tertiary/aromatic N) is 3. The quantitative estimate of drug-likeness (QED) is 0.487. The summed E-state index contributed by atoms with van der Waals surface area (Å²) in [7, 11) is 0. The standard InChI is InChI=1S/C22H20N6O/c23-21-20(26-22(29)25-15-16-8-7-13-24-14-16)19(17-9-3-1-4-10-17)27-28(21)18-11-5-2-6-12-18/h1-14H,15,23H2,(H2,25,26,29). The average molecular weight is 384 g/mol. The number of rotatable bonds is 5. The SMILES string of the molecule is Nc1c(NC(=O)NCc2cccnc2)c(-c2ccccc2)nn1-c1ccccc1. The monoisotopic (exact) mass is 384 g/mol. The Morgan fingerprint density at radius 3 is 2.38 bits per heavy atom.